The largest absolute Gasteiger partial charge is 0.573 e. The Morgan fingerprint density at radius 2 is 1.80 bits per heavy atom. The van der Waals surface area contributed by atoms with Crippen molar-refractivity contribution in [2.45, 2.75) is 12.8 Å². The van der Waals surface area contributed by atoms with Gasteiger partial charge in [-0.1, -0.05) is 6.92 Å². The molecule has 0 amide bonds. The third-order valence-corrected chi connectivity index (χ3v) is 1.59. The van der Waals surface area contributed by atoms with E-state index in [2.05, 4.69) is 17.0 Å². The van der Waals surface area contributed by atoms with E-state index in [-0.39, 0.29) is 5.75 Å². The van der Waals surface area contributed by atoms with Crippen LogP contribution in [-0.4, -0.2) is 12.9 Å². The molecule has 1 N–H and O–H groups in total. The lowest BCUT2D eigenvalue weighted by Crippen LogP contribution is -2.17. The number of rotatable bonds is 4. The highest BCUT2D eigenvalue weighted by Crippen LogP contribution is 2.23. The van der Waals surface area contributed by atoms with Crippen LogP contribution in [0, 0.1) is 6.92 Å². The molecule has 0 aromatic heterocycles. The quantitative estimate of drug-likeness (QED) is 0.837. The molecule has 0 unspecified atom stereocenters. The first-order valence-electron chi connectivity index (χ1n) is 4.40. The lowest BCUT2D eigenvalue weighted by molar-refractivity contribution is -0.274. The van der Waals surface area contributed by atoms with Crippen LogP contribution in [0.25, 0.3) is 0 Å². The molecule has 0 atom stereocenters. The molecule has 0 aliphatic heterocycles. The molecule has 0 bridgehead atoms. The van der Waals surface area contributed by atoms with Gasteiger partial charge in [-0.2, -0.15) is 0 Å². The lowest BCUT2D eigenvalue weighted by Gasteiger charge is -2.09. The number of anilines is 1. The van der Waals surface area contributed by atoms with Crippen LogP contribution in [-0.2, 0) is 0 Å². The van der Waals surface area contributed by atoms with Crippen molar-refractivity contribution in [3.05, 3.63) is 31.2 Å². The molecule has 0 saturated carbocycles. The second-order valence-corrected chi connectivity index (χ2v) is 2.85. The van der Waals surface area contributed by atoms with Crippen LogP contribution in [0.3, 0.4) is 0 Å². The van der Waals surface area contributed by atoms with E-state index < -0.39 is 6.36 Å². The van der Waals surface area contributed by atoms with Crippen LogP contribution >= 0.6 is 0 Å². The Kier molecular flexibility index (Phi) is 3.82. The Bertz CT molecular complexity index is 295. The smallest absolute Gasteiger partial charge is 0.406 e. The Balaban J connectivity index is 2.56. The van der Waals surface area contributed by atoms with Crippen molar-refractivity contribution in [2.24, 2.45) is 0 Å². The van der Waals surface area contributed by atoms with Gasteiger partial charge in [-0.15, -0.1) is 13.2 Å². The number of nitrogens with one attached hydrogen (secondary N) is 1. The van der Waals surface area contributed by atoms with E-state index in [0.717, 1.165) is 5.69 Å². The Labute approximate surface area is 86.1 Å². The van der Waals surface area contributed by atoms with Crippen molar-refractivity contribution in [3.63, 3.8) is 0 Å². The highest BCUT2D eigenvalue weighted by Gasteiger charge is 2.30. The minimum atomic E-state index is -4.64. The van der Waals surface area contributed by atoms with Crippen molar-refractivity contribution in [1.29, 1.82) is 0 Å². The molecular weight excluding hydrogens is 207 g/mol. The molecule has 0 heterocycles. The van der Waals surface area contributed by atoms with Gasteiger partial charge < -0.3 is 10.1 Å². The number of benzene rings is 1. The van der Waals surface area contributed by atoms with Crippen LogP contribution in [0.5, 0.6) is 5.75 Å². The van der Waals surface area contributed by atoms with Crippen molar-refractivity contribution in [1.82, 2.24) is 0 Å². The van der Waals surface area contributed by atoms with Crippen molar-refractivity contribution in [3.8, 4) is 5.75 Å². The van der Waals surface area contributed by atoms with Crippen LogP contribution < -0.4 is 10.1 Å². The summed E-state index contributed by atoms with van der Waals surface area (Å²) in [6, 6.07) is 5.57. The third kappa shape index (κ3) is 4.58. The Morgan fingerprint density at radius 3 is 2.27 bits per heavy atom. The van der Waals surface area contributed by atoms with Crippen LogP contribution in [0.15, 0.2) is 24.3 Å². The summed E-state index contributed by atoms with van der Waals surface area (Å²) in [5, 5.41) is 2.99. The molecule has 0 fully saturated rings. The second kappa shape index (κ2) is 4.91. The third-order valence-electron chi connectivity index (χ3n) is 1.59. The molecule has 1 aromatic carbocycles. The predicted octanol–water partition coefficient (Wildman–Crippen LogP) is 3.22. The predicted molar refractivity (Wildman–Crippen MR) is 51.6 cm³/mol. The normalized spacial score (nSPS) is 11.2. The van der Waals surface area contributed by atoms with E-state index in [1.165, 1.54) is 24.3 Å². The zero-order valence-corrected chi connectivity index (χ0v) is 7.97. The van der Waals surface area contributed by atoms with Crippen molar-refractivity contribution < 1.29 is 17.9 Å². The summed E-state index contributed by atoms with van der Waals surface area (Å²) < 4.78 is 39.1. The summed E-state index contributed by atoms with van der Waals surface area (Å²) in [4.78, 5) is 0. The van der Waals surface area contributed by atoms with Gasteiger partial charge in [0.15, 0.2) is 0 Å². The zero-order valence-electron chi connectivity index (χ0n) is 7.97. The minimum absolute atomic E-state index is 0.220. The van der Waals surface area contributed by atoms with Crippen LogP contribution in [0.4, 0.5) is 18.9 Å². The monoisotopic (exact) mass is 218 g/mol. The second-order valence-electron chi connectivity index (χ2n) is 2.85. The summed E-state index contributed by atoms with van der Waals surface area (Å²) in [6.45, 7) is 4.31. The maximum absolute atomic E-state index is 11.8. The highest BCUT2D eigenvalue weighted by atomic mass is 19.4. The van der Waals surface area contributed by atoms with Gasteiger partial charge in [0.25, 0.3) is 0 Å². The Morgan fingerprint density at radius 1 is 1.20 bits per heavy atom. The van der Waals surface area contributed by atoms with Gasteiger partial charge in [-0.05, 0) is 30.7 Å². The van der Waals surface area contributed by atoms with Crippen LogP contribution in [0.1, 0.15) is 6.42 Å². The van der Waals surface area contributed by atoms with Gasteiger partial charge in [-0.3, -0.25) is 0 Å². The minimum Gasteiger partial charge on any atom is -0.406 e. The molecule has 2 nitrogen and oxygen atoms in total. The Hall–Kier alpha value is -1.39. The first kappa shape index (κ1) is 11.7. The summed E-state index contributed by atoms with van der Waals surface area (Å²) in [5.41, 5.74) is 0.744. The fraction of sp³-hybridized carbons (Fsp3) is 0.300. The number of alkyl halides is 3. The van der Waals surface area contributed by atoms with E-state index in [9.17, 15) is 13.2 Å². The molecule has 1 radical (unpaired) electrons. The number of hydrogen-bond acceptors (Lipinski definition) is 2. The maximum atomic E-state index is 11.8. The van der Waals surface area contributed by atoms with E-state index in [4.69, 9.17) is 0 Å². The molecule has 0 saturated heterocycles. The van der Waals surface area contributed by atoms with E-state index >= 15 is 0 Å². The van der Waals surface area contributed by atoms with Gasteiger partial charge in [0.1, 0.15) is 5.75 Å². The number of ether oxygens (including phenoxy) is 1. The summed E-state index contributed by atoms with van der Waals surface area (Å²) in [7, 11) is 0. The average molecular weight is 218 g/mol. The SMILES string of the molecule is [CH2]CCNc1ccc(OC(F)(F)F)cc1. The van der Waals surface area contributed by atoms with E-state index in [0.29, 0.717) is 13.0 Å². The van der Waals surface area contributed by atoms with E-state index in [1.54, 1.807) is 0 Å². The van der Waals surface area contributed by atoms with Gasteiger partial charge in [0.2, 0.25) is 0 Å². The number of hydrogen-bond donors (Lipinski definition) is 1. The first-order valence-corrected chi connectivity index (χ1v) is 4.40. The van der Waals surface area contributed by atoms with E-state index in [1.807, 2.05) is 0 Å². The van der Waals surface area contributed by atoms with Crippen molar-refractivity contribution in [2.75, 3.05) is 11.9 Å². The summed E-state index contributed by atoms with van der Waals surface area (Å²) in [5.74, 6) is -0.220. The first-order chi connectivity index (χ1) is 7.01. The molecular formula is C10H11F3NO. The summed E-state index contributed by atoms with van der Waals surface area (Å²) >= 11 is 0. The van der Waals surface area contributed by atoms with Gasteiger partial charge in [0.05, 0.1) is 0 Å². The number of halogens is 3. The molecule has 5 heteroatoms. The fourth-order valence-corrected chi connectivity index (χ4v) is 1.01. The fourth-order valence-electron chi connectivity index (χ4n) is 1.01. The molecule has 0 aliphatic carbocycles. The maximum Gasteiger partial charge on any atom is 0.573 e. The average Bonchev–Trinajstić information content (AvgIpc) is 2.14. The highest BCUT2D eigenvalue weighted by molar-refractivity contribution is 5.46. The standard InChI is InChI=1S/C10H11F3NO/c1-2-7-14-8-3-5-9(6-4-8)15-10(11,12)13/h3-6,14H,1-2,7H2. The molecule has 1 rings (SSSR count). The van der Waals surface area contributed by atoms with Gasteiger partial charge in [-0.25, -0.2) is 0 Å². The van der Waals surface area contributed by atoms with Gasteiger partial charge >= 0.3 is 6.36 Å². The molecule has 0 spiro atoms. The molecule has 83 valence electrons. The van der Waals surface area contributed by atoms with Crippen LogP contribution in [0.2, 0.25) is 0 Å². The molecule has 15 heavy (non-hydrogen) atoms. The van der Waals surface area contributed by atoms with Gasteiger partial charge in [0, 0.05) is 12.2 Å². The lowest BCUT2D eigenvalue weighted by atomic mass is 10.3. The summed E-state index contributed by atoms with van der Waals surface area (Å²) in [6.07, 6.45) is -3.93. The molecule has 0 aliphatic rings. The van der Waals surface area contributed by atoms with Crippen molar-refractivity contribution >= 4 is 5.69 Å². The topological polar surface area (TPSA) is 21.3 Å². The molecule has 1 aromatic rings. The zero-order chi connectivity index (χ0) is 11.3.